The van der Waals surface area contributed by atoms with E-state index in [1.165, 1.54) is 0 Å². The van der Waals surface area contributed by atoms with Crippen molar-refractivity contribution in [2.75, 3.05) is 12.8 Å². The highest BCUT2D eigenvalue weighted by Crippen LogP contribution is 2.41. The molecule has 0 aromatic rings. The number of sulfonamides is 1. The lowest BCUT2D eigenvalue weighted by molar-refractivity contribution is -0.131. The number of nitrogens with one attached hydrogen (secondary N) is 2. The summed E-state index contributed by atoms with van der Waals surface area (Å²) in [6.45, 7) is 3.58. The van der Waals surface area contributed by atoms with E-state index >= 15 is 0 Å². The van der Waals surface area contributed by atoms with Crippen molar-refractivity contribution in [3.05, 3.63) is 0 Å². The van der Waals surface area contributed by atoms with Crippen molar-refractivity contribution in [1.29, 1.82) is 0 Å². The SMILES string of the molecule is CC(C)(CNC(=O)C1(C(N)=S)CCC1)NS(C)(=O)=O. The van der Waals surface area contributed by atoms with Gasteiger partial charge in [0.2, 0.25) is 15.9 Å². The van der Waals surface area contributed by atoms with Gasteiger partial charge in [0.1, 0.15) is 0 Å². The van der Waals surface area contributed by atoms with E-state index in [2.05, 4.69) is 10.0 Å². The molecule has 1 aliphatic rings. The molecule has 0 aliphatic heterocycles. The number of thiocarbonyl (C=S) groups is 1. The van der Waals surface area contributed by atoms with Crippen molar-refractivity contribution in [2.24, 2.45) is 11.1 Å². The molecule has 0 spiro atoms. The molecular formula is C11H21N3O3S2. The highest BCUT2D eigenvalue weighted by Gasteiger charge is 2.47. The van der Waals surface area contributed by atoms with E-state index in [1.807, 2.05) is 0 Å². The Labute approximate surface area is 119 Å². The lowest BCUT2D eigenvalue weighted by Crippen LogP contribution is -2.57. The summed E-state index contributed by atoms with van der Waals surface area (Å²) in [7, 11) is -3.32. The van der Waals surface area contributed by atoms with E-state index in [4.69, 9.17) is 18.0 Å². The smallest absolute Gasteiger partial charge is 0.233 e. The zero-order valence-corrected chi connectivity index (χ0v) is 13.1. The van der Waals surface area contributed by atoms with Gasteiger partial charge in [0.15, 0.2) is 0 Å². The maximum Gasteiger partial charge on any atom is 0.233 e. The summed E-state index contributed by atoms with van der Waals surface area (Å²) in [5, 5.41) is 2.74. The molecule has 0 bridgehead atoms. The first-order chi connectivity index (χ1) is 8.49. The van der Waals surface area contributed by atoms with Gasteiger partial charge in [0.05, 0.1) is 16.7 Å². The van der Waals surface area contributed by atoms with Crippen LogP contribution in [0.15, 0.2) is 0 Å². The minimum absolute atomic E-state index is 0.184. The Balaban J connectivity index is 2.62. The number of rotatable bonds is 6. The molecule has 0 unspecified atom stereocenters. The van der Waals surface area contributed by atoms with Gasteiger partial charge in [0.25, 0.3) is 0 Å². The number of amides is 1. The fourth-order valence-electron chi connectivity index (χ4n) is 2.12. The molecule has 6 nitrogen and oxygen atoms in total. The van der Waals surface area contributed by atoms with E-state index in [-0.39, 0.29) is 17.4 Å². The second kappa shape index (κ2) is 5.34. The van der Waals surface area contributed by atoms with Crippen LogP contribution in [0.3, 0.4) is 0 Å². The Kier molecular flexibility index (Phi) is 4.58. The monoisotopic (exact) mass is 307 g/mol. The minimum atomic E-state index is -3.32. The lowest BCUT2D eigenvalue weighted by atomic mass is 9.68. The summed E-state index contributed by atoms with van der Waals surface area (Å²) in [6, 6.07) is 0. The van der Waals surface area contributed by atoms with E-state index in [0.717, 1.165) is 12.7 Å². The third kappa shape index (κ3) is 4.12. The van der Waals surface area contributed by atoms with Crippen molar-refractivity contribution in [3.63, 3.8) is 0 Å². The molecule has 1 aliphatic carbocycles. The van der Waals surface area contributed by atoms with Gasteiger partial charge in [-0.15, -0.1) is 0 Å². The van der Waals surface area contributed by atoms with Crippen molar-refractivity contribution >= 4 is 33.1 Å². The zero-order valence-electron chi connectivity index (χ0n) is 11.4. The van der Waals surface area contributed by atoms with Gasteiger partial charge in [-0.3, -0.25) is 4.79 Å². The first-order valence-corrected chi connectivity index (χ1v) is 8.36. The Hall–Kier alpha value is -0.730. The molecule has 0 heterocycles. The number of hydrogen-bond acceptors (Lipinski definition) is 4. The molecule has 0 saturated heterocycles. The van der Waals surface area contributed by atoms with Crippen LogP contribution in [0.5, 0.6) is 0 Å². The predicted molar refractivity (Wildman–Crippen MR) is 78.1 cm³/mol. The molecule has 19 heavy (non-hydrogen) atoms. The quantitative estimate of drug-likeness (QED) is 0.594. The first kappa shape index (κ1) is 16.3. The molecule has 1 saturated carbocycles. The van der Waals surface area contributed by atoms with Crippen LogP contribution in [0.4, 0.5) is 0 Å². The highest BCUT2D eigenvalue weighted by molar-refractivity contribution is 7.88. The first-order valence-electron chi connectivity index (χ1n) is 6.06. The van der Waals surface area contributed by atoms with Crippen LogP contribution in [0, 0.1) is 5.41 Å². The summed E-state index contributed by atoms with van der Waals surface area (Å²) < 4.78 is 24.9. The van der Waals surface area contributed by atoms with Crippen LogP contribution in [-0.4, -0.2) is 37.7 Å². The van der Waals surface area contributed by atoms with Gasteiger partial charge in [-0.05, 0) is 26.7 Å². The molecule has 1 fully saturated rings. The van der Waals surface area contributed by atoms with E-state index in [1.54, 1.807) is 13.8 Å². The Morgan fingerprint density at radius 1 is 1.42 bits per heavy atom. The maximum atomic E-state index is 12.1. The van der Waals surface area contributed by atoms with Crippen LogP contribution in [0.1, 0.15) is 33.1 Å². The summed E-state index contributed by atoms with van der Waals surface area (Å²) in [6.07, 6.45) is 3.33. The van der Waals surface area contributed by atoms with Crippen molar-refractivity contribution in [3.8, 4) is 0 Å². The van der Waals surface area contributed by atoms with Crippen molar-refractivity contribution in [1.82, 2.24) is 10.0 Å². The van der Waals surface area contributed by atoms with Gasteiger partial charge in [0, 0.05) is 12.1 Å². The molecule has 0 aromatic carbocycles. The van der Waals surface area contributed by atoms with Crippen molar-refractivity contribution < 1.29 is 13.2 Å². The van der Waals surface area contributed by atoms with Crippen LogP contribution in [-0.2, 0) is 14.8 Å². The Bertz CT molecular complexity index is 481. The third-order valence-electron chi connectivity index (χ3n) is 3.27. The predicted octanol–water partition coefficient (Wildman–Crippen LogP) is -0.113. The average molecular weight is 307 g/mol. The molecule has 110 valence electrons. The number of hydrogen-bond donors (Lipinski definition) is 3. The average Bonchev–Trinajstić information content (AvgIpc) is 2.08. The number of nitrogens with two attached hydrogens (primary N) is 1. The van der Waals surface area contributed by atoms with Gasteiger partial charge < -0.3 is 11.1 Å². The van der Waals surface area contributed by atoms with Gasteiger partial charge in [-0.2, -0.15) is 0 Å². The molecule has 0 aromatic heterocycles. The van der Waals surface area contributed by atoms with E-state index in [9.17, 15) is 13.2 Å². The largest absolute Gasteiger partial charge is 0.392 e. The fourth-order valence-corrected chi connectivity index (χ4v) is 3.50. The van der Waals surface area contributed by atoms with Gasteiger partial charge in [-0.25, -0.2) is 13.1 Å². The maximum absolute atomic E-state index is 12.1. The summed E-state index contributed by atoms with van der Waals surface area (Å²) in [5.41, 5.74) is 4.13. The van der Waals surface area contributed by atoms with E-state index < -0.39 is 21.0 Å². The zero-order chi connectivity index (χ0) is 14.9. The number of carbonyl (C=O) groups is 1. The Morgan fingerprint density at radius 3 is 2.26 bits per heavy atom. The minimum Gasteiger partial charge on any atom is -0.392 e. The molecule has 1 amide bonds. The molecule has 0 radical (unpaired) electrons. The fraction of sp³-hybridized carbons (Fsp3) is 0.818. The lowest BCUT2D eigenvalue weighted by Gasteiger charge is -2.40. The van der Waals surface area contributed by atoms with Crippen LogP contribution in [0.25, 0.3) is 0 Å². The molecule has 1 rings (SSSR count). The topological polar surface area (TPSA) is 101 Å². The summed E-state index contributed by atoms with van der Waals surface area (Å²) in [4.78, 5) is 12.4. The van der Waals surface area contributed by atoms with Crippen LogP contribution >= 0.6 is 12.2 Å². The van der Waals surface area contributed by atoms with Crippen molar-refractivity contribution in [2.45, 2.75) is 38.6 Å². The second-order valence-corrected chi connectivity index (χ2v) is 7.93. The van der Waals surface area contributed by atoms with Gasteiger partial charge in [-0.1, -0.05) is 18.6 Å². The molecule has 4 N–H and O–H groups in total. The van der Waals surface area contributed by atoms with E-state index in [0.29, 0.717) is 12.8 Å². The Morgan fingerprint density at radius 2 is 1.95 bits per heavy atom. The number of carbonyl (C=O) groups excluding carboxylic acids is 1. The second-order valence-electron chi connectivity index (χ2n) is 5.74. The standard InChI is InChI=1S/C11H21N3O3S2/c1-10(2,14-19(3,16)17)7-13-9(15)11(8(12)18)5-4-6-11/h14H,4-7H2,1-3H3,(H2,12,18)(H,13,15). The normalized spacial score (nSPS) is 18.5. The highest BCUT2D eigenvalue weighted by atomic mass is 32.2. The molecule has 0 atom stereocenters. The summed E-state index contributed by atoms with van der Waals surface area (Å²) >= 11 is 4.96. The molecular weight excluding hydrogens is 286 g/mol. The van der Waals surface area contributed by atoms with Gasteiger partial charge >= 0.3 is 0 Å². The van der Waals surface area contributed by atoms with Crippen LogP contribution in [0.2, 0.25) is 0 Å². The van der Waals surface area contributed by atoms with Crippen LogP contribution < -0.4 is 15.8 Å². The molecule has 8 heteroatoms. The third-order valence-corrected chi connectivity index (χ3v) is 4.58. The summed E-state index contributed by atoms with van der Waals surface area (Å²) in [5.74, 6) is -0.213.